The van der Waals surface area contributed by atoms with Crippen LogP contribution in [0.4, 0.5) is 4.79 Å². The summed E-state index contributed by atoms with van der Waals surface area (Å²) in [5.41, 5.74) is -0.0406. The molecule has 1 aromatic heterocycles. The Morgan fingerprint density at radius 1 is 1.48 bits per heavy atom. The molecule has 0 radical (unpaired) electrons. The van der Waals surface area contributed by atoms with E-state index in [9.17, 15) is 4.79 Å². The predicted octanol–water partition coefficient (Wildman–Crippen LogP) is 1.83. The lowest BCUT2D eigenvalue weighted by Crippen LogP contribution is -2.40. The van der Waals surface area contributed by atoms with E-state index in [1.165, 1.54) is 0 Å². The van der Waals surface area contributed by atoms with Crippen LogP contribution in [0.2, 0.25) is 5.15 Å². The van der Waals surface area contributed by atoms with Crippen molar-refractivity contribution in [3.63, 3.8) is 0 Å². The maximum atomic E-state index is 10.9. The lowest BCUT2D eigenvalue weighted by Gasteiger charge is -2.25. The quantitative estimate of drug-likeness (QED) is 0.739. The normalized spacial score (nSPS) is 27.1. The number of carboxylic acid groups (broad SMARTS) is 1. The highest BCUT2D eigenvalue weighted by Crippen LogP contribution is 2.44. The number of pyridine rings is 1. The molecular formula is C14H18ClN3O3. The van der Waals surface area contributed by atoms with Crippen molar-refractivity contribution in [2.24, 2.45) is 11.8 Å². The highest BCUT2D eigenvalue weighted by atomic mass is 35.5. The number of hydrogen-bond acceptors (Lipinski definition) is 4. The third-order valence-electron chi connectivity index (χ3n) is 4.18. The zero-order valence-electron chi connectivity index (χ0n) is 11.9. The molecule has 21 heavy (non-hydrogen) atoms. The van der Waals surface area contributed by atoms with Gasteiger partial charge in [-0.1, -0.05) is 11.6 Å². The number of hydrogen-bond donors (Lipinski definition) is 3. The first kappa shape index (κ1) is 14.4. The minimum absolute atomic E-state index is 0.195. The third kappa shape index (κ3) is 2.91. The Kier molecular flexibility index (Phi) is 3.45. The van der Waals surface area contributed by atoms with E-state index >= 15 is 0 Å². The molecule has 2 heterocycles. The number of halogens is 1. The summed E-state index contributed by atoms with van der Waals surface area (Å²) in [5.74, 6) is 1.57. The Morgan fingerprint density at radius 2 is 2.14 bits per heavy atom. The zero-order valence-corrected chi connectivity index (χ0v) is 12.6. The fourth-order valence-electron chi connectivity index (χ4n) is 2.91. The molecule has 3 rings (SSSR count). The van der Waals surface area contributed by atoms with E-state index in [0.717, 1.165) is 18.7 Å². The van der Waals surface area contributed by atoms with Gasteiger partial charge in [-0.05, 0) is 25.5 Å². The first-order valence-corrected chi connectivity index (χ1v) is 7.31. The highest BCUT2D eigenvalue weighted by molar-refractivity contribution is 6.29. The molecular weight excluding hydrogens is 294 g/mol. The van der Waals surface area contributed by atoms with E-state index in [1.54, 1.807) is 26.0 Å². The van der Waals surface area contributed by atoms with Crippen molar-refractivity contribution in [3.8, 4) is 5.88 Å². The molecule has 0 aromatic carbocycles. The van der Waals surface area contributed by atoms with Gasteiger partial charge >= 0.3 is 6.09 Å². The standard InChI is InChI=1S/C14H18ClN3O3/c1-14(2,18-13(19)20)7-3-10(15)17-11(4-7)21-12-8-5-16-6-9(8)12/h3-4,8-9,12,16,18H,5-6H2,1-2H3,(H,19,20)/t8-,9+,12?. The molecule has 1 saturated heterocycles. The molecule has 2 aliphatic rings. The van der Waals surface area contributed by atoms with Crippen molar-refractivity contribution >= 4 is 17.7 Å². The maximum absolute atomic E-state index is 10.9. The third-order valence-corrected chi connectivity index (χ3v) is 4.38. The monoisotopic (exact) mass is 311 g/mol. The van der Waals surface area contributed by atoms with Gasteiger partial charge in [0.2, 0.25) is 5.88 Å². The number of nitrogens with one attached hydrogen (secondary N) is 2. The van der Waals surface area contributed by atoms with E-state index in [4.69, 9.17) is 21.4 Å². The van der Waals surface area contributed by atoms with Gasteiger partial charge in [0, 0.05) is 31.0 Å². The lowest BCUT2D eigenvalue weighted by atomic mass is 9.95. The smallest absolute Gasteiger partial charge is 0.405 e. The molecule has 1 aliphatic carbocycles. The summed E-state index contributed by atoms with van der Waals surface area (Å²) in [6.07, 6.45) is -0.890. The topological polar surface area (TPSA) is 83.5 Å². The molecule has 3 N–H and O–H groups in total. The minimum Gasteiger partial charge on any atom is -0.474 e. The molecule has 7 heteroatoms. The first-order valence-electron chi connectivity index (χ1n) is 6.93. The van der Waals surface area contributed by atoms with Crippen LogP contribution in [0.5, 0.6) is 5.88 Å². The van der Waals surface area contributed by atoms with Gasteiger partial charge < -0.3 is 20.5 Å². The summed E-state index contributed by atoms with van der Waals surface area (Å²) in [6.45, 7) is 5.50. The number of amides is 1. The summed E-state index contributed by atoms with van der Waals surface area (Å²) in [4.78, 5) is 15.1. The molecule has 2 fully saturated rings. The maximum Gasteiger partial charge on any atom is 0.405 e. The number of aromatic nitrogens is 1. The second kappa shape index (κ2) is 5.03. The van der Waals surface area contributed by atoms with Gasteiger partial charge in [0.15, 0.2) is 0 Å². The summed E-state index contributed by atoms with van der Waals surface area (Å²) < 4.78 is 5.90. The Hall–Kier alpha value is -1.53. The number of rotatable bonds is 4. The van der Waals surface area contributed by atoms with E-state index < -0.39 is 11.6 Å². The van der Waals surface area contributed by atoms with Gasteiger partial charge in [-0.25, -0.2) is 9.78 Å². The van der Waals surface area contributed by atoms with Crippen molar-refractivity contribution in [2.75, 3.05) is 13.1 Å². The summed E-state index contributed by atoms with van der Waals surface area (Å²) in [5, 5.41) is 15.0. The van der Waals surface area contributed by atoms with Crippen molar-refractivity contribution in [2.45, 2.75) is 25.5 Å². The summed E-state index contributed by atoms with van der Waals surface area (Å²) in [7, 11) is 0. The average molecular weight is 312 g/mol. The Labute approximate surface area is 127 Å². The summed E-state index contributed by atoms with van der Waals surface area (Å²) in [6, 6.07) is 3.41. The second-order valence-corrected chi connectivity index (χ2v) is 6.53. The van der Waals surface area contributed by atoms with Crippen LogP contribution >= 0.6 is 11.6 Å². The summed E-state index contributed by atoms with van der Waals surface area (Å²) >= 11 is 6.04. The highest BCUT2D eigenvalue weighted by Gasteiger charge is 2.55. The number of ether oxygens (including phenoxy) is 1. The molecule has 0 spiro atoms. The van der Waals surface area contributed by atoms with Crippen LogP contribution < -0.4 is 15.4 Å². The molecule has 6 nitrogen and oxygen atoms in total. The van der Waals surface area contributed by atoms with Gasteiger partial charge in [-0.3, -0.25) is 0 Å². The molecule has 1 aromatic rings. The largest absolute Gasteiger partial charge is 0.474 e. The van der Waals surface area contributed by atoms with Gasteiger partial charge in [0.05, 0.1) is 5.54 Å². The number of carbonyl (C=O) groups is 1. The van der Waals surface area contributed by atoms with Crippen LogP contribution in [0.1, 0.15) is 19.4 Å². The molecule has 1 amide bonds. The van der Waals surface area contributed by atoms with Gasteiger partial charge in [0.25, 0.3) is 0 Å². The molecule has 3 atom stereocenters. The second-order valence-electron chi connectivity index (χ2n) is 6.14. The van der Waals surface area contributed by atoms with E-state index in [1.807, 2.05) is 0 Å². The first-order chi connectivity index (χ1) is 9.87. The Bertz CT molecular complexity index is 569. The van der Waals surface area contributed by atoms with Crippen LogP contribution in [0, 0.1) is 11.8 Å². The van der Waals surface area contributed by atoms with Crippen molar-refractivity contribution in [3.05, 3.63) is 22.8 Å². The minimum atomic E-state index is -1.08. The fraction of sp³-hybridized carbons (Fsp3) is 0.571. The molecule has 0 bridgehead atoms. The average Bonchev–Trinajstić information content (AvgIpc) is 2.82. The van der Waals surface area contributed by atoms with E-state index in [2.05, 4.69) is 15.6 Å². The van der Waals surface area contributed by atoms with Gasteiger partial charge in [-0.15, -0.1) is 0 Å². The van der Waals surface area contributed by atoms with Crippen molar-refractivity contribution in [1.29, 1.82) is 0 Å². The SMILES string of the molecule is CC(C)(NC(=O)O)c1cc(Cl)nc(OC2[C@H]3CNC[C@@H]23)c1. The van der Waals surface area contributed by atoms with Crippen LogP contribution in [0.25, 0.3) is 0 Å². The van der Waals surface area contributed by atoms with Crippen LogP contribution in [-0.4, -0.2) is 35.4 Å². The van der Waals surface area contributed by atoms with Crippen LogP contribution in [0.15, 0.2) is 12.1 Å². The van der Waals surface area contributed by atoms with Gasteiger partial charge in [-0.2, -0.15) is 0 Å². The molecule has 114 valence electrons. The van der Waals surface area contributed by atoms with Crippen molar-refractivity contribution < 1.29 is 14.6 Å². The predicted molar refractivity (Wildman–Crippen MR) is 77.7 cm³/mol. The number of piperidine rings is 1. The number of fused-ring (bicyclic) bond motifs is 1. The van der Waals surface area contributed by atoms with Gasteiger partial charge in [0.1, 0.15) is 11.3 Å². The lowest BCUT2D eigenvalue weighted by molar-refractivity contribution is 0.182. The van der Waals surface area contributed by atoms with Crippen LogP contribution in [0.3, 0.4) is 0 Å². The molecule has 1 unspecified atom stereocenters. The number of nitrogens with zero attached hydrogens (tertiary/aromatic N) is 1. The fourth-order valence-corrected chi connectivity index (χ4v) is 3.11. The molecule has 1 aliphatic heterocycles. The van der Waals surface area contributed by atoms with Crippen LogP contribution in [-0.2, 0) is 5.54 Å². The Morgan fingerprint density at radius 3 is 2.76 bits per heavy atom. The molecule has 1 saturated carbocycles. The van der Waals surface area contributed by atoms with E-state index in [-0.39, 0.29) is 6.10 Å². The zero-order chi connectivity index (χ0) is 15.2. The van der Waals surface area contributed by atoms with Crippen molar-refractivity contribution in [1.82, 2.24) is 15.6 Å². The Balaban J connectivity index is 1.78. The van der Waals surface area contributed by atoms with E-state index in [0.29, 0.717) is 22.9 Å².